The summed E-state index contributed by atoms with van der Waals surface area (Å²) >= 11 is 7.29. The molecule has 3 rings (SSSR count). The zero-order valence-electron chi connectivity index (χ0n) is 14.0. The first-order valence-electron chi connectivity index (χ1n) is 7.84. The minimum atomic E-state index is -0.345. The van der Waals surface area contributed by atoms with Crippen molar-refractivity contribution >= 4 is 34.0 Å². The Balaban J connectivity index is 1.93. The molecule has 0 spiro atoms. The lowest BCUT2D eigenvalue weighted by Gasteiger charge is -2.10. The van der Waals surface area contributed by atoms with Crippen LogP contribution in [0.1, 0.15) is 47.9 Å². The molecule has 0 aliphatic rings. The number of rotatable bonds is 5. The Bertz CT molecular complexity index is 886. The maximum Gasteiger partial charge on any atom is 0.279 e. The zero-order chi connectivity index (χ0) is 18.0. The molecule has 3 aromatic rings. The number of nitrogens with one attached hydrogen (secondary N) is 1. The number of benzene rings is 1. The Kier molecular flexibility index (Phi) is 5.10. The molecular weight excluding hydrogens is 360 g/mol. The largest absolute Gasteiger partial charge is 0.295 e. The predicted octanol–water partition coefficient (Wildman–Crippen LogP) is 3.71. The molecule has 0 radical (unpaired) electrons. The van der Waals surface area contributed by atoms with Gasteiger partial charge in [-0.3, -0.25) is 10.1 Å². The minimum absolute atomic E-state index is 0.0482. The summed E-state index contributed by atoms with van der Waals surface area (Å²) in [5, 5.41) is 20.9. The van der Waals surface area contributed by atoms with E-state index in [1.165, 1.54) is 11.3 Å². The Morgan fingerprint density at radius 3 is 2.56 bits per heavy atom. The van der Waals surface area contributed by atoms with Gasteiger partial charge in [-0.15, -0.1) is 15.3 Å². The molecule has 1 aromatic carbocycles. The first kappa shape index (κ1) is 17.5. The molecule has 1 amide bonds. The number of hydrogen-bond donors (Lipinski definition) is 1. The molecule has 0 aliphatic carbocycles. The highest BCUT2D eigenvalue weighted by atomic mass is 35.5. The smallest absolute Gasteiger partial charge is 0.279 e. The van der Waals surface area contributed by atoms with Crippen molar-refractivity contribution in [2.45, 2.75) is 33.1 Å². The predicted molar refractivity (Wildman–Crippen MR) is 97.7 cm³/mol. The van der Waals surface area contributed by atoms with Crippen LogP contribution in [-0.4, -0.2) is 31.1 Å². The molecule has 2 aromatic heterocycles. The third-order valence-corrected chi connectivity index (χ3v) is 4.76. The number of halogens is 1. The number of aryl methyl sites for hydroxylation is 1. The van der Waals surface area contributed by atoms with E-state index in [0.717, 1.165) is 22.8 Å². The first-order chi connectivity index (χ1) is 12.0. The number of carbonyl (C=O) groups is 1. The fourth-order valence-electron chi connectivity index (χ4n) is 2.35. The van der Waals surface area contributed by atoms with Crippen molar-refractivity contribution in [1.29, 1.82) is 0 Å². The Morgan fingerprint density at radius 1 is 1.24 bits per heavy atom. The van der Waals surface area contributed by atoms with E-state index in [0.29, 0.717) is 10.2 Å². The van der Waals surface area contributed by atoms with Gasteiger partial charge in [0.1, 0.15) is 5.01 Å². The monoisotopic (exact) mass is 376 g/mol. The van der Waals surface area contributed by atoms with Gasteiger partial charge in [0.05, 0.1) is 11.4 Å². The molecule has 0 fully saturated rings. The quantitative estimate of drug-likeness (QED) is 0.733. The van der Waals surface area contributed by atoms with Crippen molar-refractivity contribution in [1.82, 2.24) is 25.2 Å². The van der Waals surface area contributed by atoms with Gasteiger partial charge in [-0.2, -0.15) is 0 Å². The van der Waals surface area contributed by atoms with Crippen LogP contribution >= 0.6 is 22.9 Å². The molecule has 25 heavy (non-hydrogen) atoms. The molecular formula is C16H17ClN6OS. The summed E-state index contributed by atoms with van der Waals surface area (Å²) < 4.78 is 1.66. The van der Waals surface area contributed by atoms with E-state index in [9.17, 15) is 4.79 Å². The van der Waals surface area contributed by atoms with E-state index in [4.69, 9.17) is 11.6 Å². The van der Waals surface area contributed by atoms with Gasteiger partial charge in [0.25, 0.3) is 5.91 Å². The summed E-state index contributed by atoms with van der Waals surface area (Å²) in [7, 11) is 0. The molecule has 0 unspecified atom stereocenters. The van der Waals surface area contributed by atoms with Crippen molar-refractivity contribution in [3.05, 3.63) is 45.7 Å². The van der Waals surface area contributed by atoms with Gasteiger partial charge in [-0.1, -0.05) is 48.9 Å². The summed E-state index contributed by atoms with van der Waals surface area (Å²) in [5.74, 6) is -0.297. The SMILES string of the molecule is CCc1nnc(NC(=O)c2nnn(-c3ccc(Cl)cc3)c2C(C)C)s1. The molecule has 0 aliphatic heterocycles. The van der Waals surface area contributed by atoms with Gasteiger partial charge in [-0.05, 0) is 36.6 Å². The second-order valence-electron chi connectivity index (χ2n) is 5.67. The van der Waals surface area contributed by atoms with Crippen molar-refractivity contribution in [3.8, 4) is 5.69 Å². The maximum absolute atomic E-state index is 12.6. The number of nitrogens with zero attached hydrogens (tertiary/aromatic N) is 5. The molecule has 0 bridgehead atoms. The Labute approximate surface area is 154 Å². The lowest BCUT2D eigenvalue weighted by Crippen LogP contribution is -2.16. The first-order valence-corrected chi connectivity index (χ1v) is 9.04. The minimum Gasteiger partial charge on any atom is -0.295 e. The van der Waals surface area contributed by atoms with E-state index in [1.54, 1.807) is 16.8 Å². The Hall–Kier alpha value is -2.32. The van der Waals surface area contributed by atoms with Crippen molar-refractivity contribution in [3.63, 3.8) is 0 Å². The van der Waals surface area contributed by atoms with E-state index in [2.05, 4.69) is 25.8 Å². The van der Waals surface area contributed by atoms with Crippen LogP contribution in [-0.2, 0) is 6.42 Å². The molecule has 9 heteroatoms. The number of carbonyl (C=O) groups excluding carboxylic acids is 1. The summed E-state index contributed by atoms with van der Waals surface area (Å²) in [5.41, 5.74) is 1.79. The van der Waals surface area contributed by atoms with E-state index >= 15 is 0 Å². The molecule has 0 saturated heterocycles. The second kappa shape index (κ2) is 7.28. The average molecular weight is 377 g/mol. The number of aromatic nitrogens is 5. The topological polar surface area (TPSA) is 85.6 Å². The third kappa shape index (κ3) is 3.69. The van der Waals surface area contributed by atoms with Crippen LogP contribution in [0.2, 0.25) is 5.02 Å². The highest BCUT2D eigenvalue weighted by Crippen LogP contribution is 2.24. The number of amides is 1. The van der Waals surface area contributed by atoms with E-state index < -0.39 is 0 Å². The highest BCUT2D eigenvalue weighted by Gasteiger charge is 2.23. The molecule has 2 heterocycles. The van der Waals surface area contributed by atoms with Crippen molar-refractivity contribution < 1.29 is 4.79 Å². The van der Waals surface area contributed by atoms with Crippen LogP contribution in [0.5, 0.6) is 0 Å². The summed E-state index contributed by atoms with van der Waals surface area (Å²) in [6, 6.07) is 7.22. The fraction of sp³-hybridized carbons (Fsp3) is 0.312. The van der Waals surface area contributed by atoms with Crippen molar-refractivity contribution in [2.75, 3.05) is 5.32 Å². The highest BCUT2D eigenvalue weighted by molar-refractivity contribution is 7.15. The third-order valence-electron chi connectivity index (χ3n) is 3.53. The van der Waals surface area contributed by atoms with E-state index in [1.807, 2.05) is 32.9 Å². The van der Waals surface area contributed by atoms with Crippen LogP contribution < -0.4 is 5.32 Å². The number of anilines is 1. The lowest BCUT2D eigenvalue weighted by molar-refractivity contribution is 0.102. The second-order valence-corrected chi connectivity index (χ2v) is 7.17. The van der Waals surface area contributed by atoms with Gasteiger partial charge in [-0.25, -0.2) is 4.68 Å². The normalized spacial score (nSPS) is 11.1. The number of hydrogen-bond acceptors (Lipinski definition) is 6. The molecule has 0 saturated carbocycles. The Morgan fingerprint density at radius 2 is 1.96 bits per heavy atom. The summed E-state index contributed by atoms with van der Waals surface area (Å²) in [4.78, 5) is 12.6. The van der Waals surface area contributed by atoms with Crippen LogP contribution in [0, 0.1) is 0 Å². The summed E-state index contributed by atoms with van der Waals surface area (Å²) in [6.45, 7) is 5.96. The lowest BCUT2D eigenvalue weighted by atomic mass is 10.1. The molecule has 7 nitrogen and oxygen atoms in total. The van der Waals surface area contributed by atoms with Gasteiger partial charge < -0.3 is 0 Å². The van der Waals surface area contributed by atoms with Gasteiger partial charge in [0, 0.05) is 5.02 Å². The van der Waals surface area contributed by atoms with Crippen LogP contribution in [0.3, 0.4) is 0 Å². The van der Waals surface area contributed by atoms with Crippen LogP contribution in [0.25, 0.3) is 5.69 Å². The van der Waals surface area contributed by atoms with Crippen LogP contribution in [0.15, 0.2) is 24.3 Å². The average Bonchev–Trinajstić information content (AvgIpc) is 3.22. The molecule has 130 valence electrons. The van der Waals surface area contributed by atoms with Gasteiger partial charge in [0.15, 0.2) is 5.69 Å². The van der Waals surface area contributed by atoms with E-state index in [-0.39, 0.29) is 17.5 Å². The zero-order valence-corrected chi connectivity index (χ0v) is 15.6. The van der Waals surface area contributed by atoms with Crippen molar-refractivity contribution in [2.24, 2.45) is 0 Å². The summed E-state index contributed by atoms with van der Waals surface area (Å²) in [6.07, 6.45) is 0.775. The fourth-order valence-corrected chi connectivity index (χ4v) is 3.15. The van der Waals surface area contributed by atoms with Gasteiger partial charge in [0.2, 0.25) is 5.13 Å². The van der Waals surface area contributed by atoms with Crippen LogP contribution in [0.4, 0.5) is 5.13 Å². The maximum atomic E-state index is 12.6. The van der Waals surface area contributed by atoms with Gasteiger partial charge >= 0.3 is 0 Å². The standard InChI is InChI=1S/C16H17ClN6OS/c1-4-12-19-21-16(25-12)18-15(24)13-14(9(2)3)23(22-20-13)11-7-5-10(17)6-8-11/h5-9H,4H2,1-3H3,(H,18,21,24). The molecule has 1 N–H and O–H groups in total. The molecule has 0 atom stereocenters.